The fraction of sp³-hybridized carbons (Fsp3) is 0.619. The Kier molecular flexibility index (Phi) is 9.69. The van der Waals surface area contributed by atoms with Crippen LogP contribution in [0.3, 0.4) is 0 Å². The lowest BCUT2D eigenvalue weighted by Gasteiger charge is -2.17. The maximum Gasteiger partial charge on any atom is 0.543 e. The molecule has 0 spiro atoms. The summed E-state index contributed by atoms with van der Waals surface area (Å²) >= 11 is 0. The van der Waals surface area contributed by atoms with Crippen LogP contribution >= 0.6 is 0 Å². The molecule has 0 aromatic heterocycles. The van der Waals surface area contributed by atoms with Crippen molar-refractivity contribution < 1.29 is 29.1 Å². The summed E-state index contributed by atoms with van der Waals surface area (Å²) in [5.74, 6) is -0.738. The molecule has 0 saturated heterocycles. The second kappa shape index (κ2) is 12.3. The van der Waals surface area contributed by atoms with E-state index in [9.17, 15) is 9.59 Å². The van der Waals surface area contributed by atoms with Crippen molar-refractivity contribution in [3.63, 3.8) is 0 Å². The second-order valence-corrected chi connectivity index (χ2v) is 7.14. The third-order valence-electron chi connectivity index (χ3n) is 4.78. The van der Waals surface area contributed by atoms with Crippen LogP contribution in [0.4, 0.5) is 4.79 Å². The van der Waals surface area contributed by atoms with Crippen molar-refractivity contribution in [1.82, 2.24) is 0 Å². The monoisotopic (exact) mass is 378 g/mol. The molecule has 0 atom stereocenters. The lowest BCUT2D eigenvalue weighted by Crippen LogP contribution is -2.20. The van der Waals surface area contributed by atoms with E-state index in [0.29, 0.717) is 5.56 Å². The number of ether oxygens (including phenoxy) is 1. The molecule has 0 amide bonds. The van der Waals surface area contributed by atoms with Gasteiger partial charge in [-0.15, -0.1) is 0 Å². The molecule has 27 heavy (non-hydrogen) atoms. The van der Waals surface area contributed by atoms with E-state index in [1.54, 1.807) is 18.2 Å². The first-order chi connectivity index (χ1) is 13.1. The highest BCUT2D eigenvalue weighted by molar-refractivity contribution is 5.89. The van der Waals surface area contributed by atoms with Gasteiger partial charge >= 0.3 is 12.1 Å². The van der Waals surface area contributed by atoms with Crippen LogP contribution in [-0.4, -0.2) is 18.2 Å². The van der Waals surface area contributed by atoms with Gasteiger partial charge in [0.15, 0.2) is 0 Å². The first-order valence-corrected chi connectivity index (χ1v) is 9.98. The van der Waals surface area contributed by atoms with Gasteiger partial charge in [-0.2, -0.15) is 0 Å². The topological polar surface area (TPSA) is 71.1 Å². The number of hydrogen-bond donors (Lipinski definition) is 0. The van der Waals surface area contributed by atoms with Crippen molar-refractivity contribution in [3.05, 3.63) is 35.4 Å². The van der Waals surface area contributed by atoms with E-state index in [2.05, 4.69) is 14.8 Å². The highest BCUT2D eigenvalue weighted by Crippen LogP contribution is 2.19. The van der Waals surface area contributed by atoms with Crippen molar-refractivity contribution >= 4 is 12.1 Å². The van der Waals surface area contributed by atoms with Gasteiger partial charge in [-0.05, 0) is 44.7 Å². The summed E-state index contributed by atoms with van der Waals surface area (Å²) in [4.78, 5) is 32.5. The number of rotatable bonds is 4. The largest absolute Gasteiger partial charge is 0.543 e. The van der Waals surface area contributed by atoms with Crippen LogP contribution in [0.25, 0.3) is 0 Å². The van der Waals surface area contributed by atoms with Gasteiger partial charge in [0.25, 0.3) is 0 Å². The first-order valence-electron chi connectivity index (χ1n) is 9.98. The quantitative estimate of drug-likeness (QED) is 0.373. The second-order valence-electron chi connectivity index (χ2n) is 7.14. The van der Waals surface area contributed by atoms with Crippen LogP contribution in [0.1, 0.15) is 86.6 Å². The minimum absolute atomic E-state index is 0.187. The molecule has 6 heteroatoms. The average Bonchev–Trinajstić information content (AvgIpc) is 2.64. The van der Waals surface area contributed by atoms with Crippen LogP contribution in [0.5, 0.6) is 0 Å². The van der Waals surface area contributed by atoms with Crippen molar-refractivity contribution in [2.45, 2.75) is 83.7 Å². The molecule has 1 aromatic carbocycles. The Labute approximate surface area is 161 Å². The average molecular weight is 378 g/mol. The van der Waals surface area contributed by atoms with Crippen LogP contribution in [0, 0.1) is 6.92 Å². The summed E-state index contributed by atoms with van der Waals surface area (Å²) in [5.41, 5.74) is 1.22. The molecule has 2 rings (SSSR count). The molecule has 6 nitrogen and oxygen atoms in total. The lowest BCUT2D eigenvalue weighted by atomic mass is 9.99. The maximum absolute atomic E-state index is 11.8. The van der Waals surface area contributed by atoms with Gasteiger partial charge in [-0.25, -0.2) is 14.5 Å². The molecule has 0 radical (unpaired) electrons. The third-order valence-corrected chi connectivity index (χ3v) is 4.78. The summed E-state index contributed by atoms with van der Waals surface area (Å²) in [6, 6.07) is 6.82. The Balaban J connectivity index is 1.69. The van der Waals surface area contributed by atoms with E-state index >= 15 is 0 Å². The predicted molar refractivity (Wildman–Crippen MR) is 99.8 cm³/mol. The van der Waals surface area contributed by atoms with Crippen molar-refractivity contribution in [3.8, 4) is 0 Å². The molecule has 0 bridgehead atoms. The minimum atomic E-state index is -0.982. The number of carbonyl (C=O) groups is 2. The molecule has 1 saturated carbocycles. The van der Waals surface area contributed by atoms with E-state index in [4.69, 9.17) is 4.74 Å². The molecule has 150 valence electrons. The van der Waals surface area contributed by atoms with Gasteiger partial charge in [0.05, 0.1) is 10.6 Å². The molecule has 0 aliphatic heterocycles. The Morgan fingerprint density at radius 1 is 0.852 bits per heavy atom. The highest BCUT2D eigenvalue weighted by atomic mass is 17.5. The Bertz CT molecular complexity index is 574. The minimum Gasteiger partial charge on any atom is -0.429 e. The van der Waals surface area contributed by atoms with E-state index in [1.807, 2.05) is 13.0 Å². The van der Waals surface area contributed by atoms with E-state index in [-0.39, 0.29) is 6.10 Å². The molecular weight excluding hydrogens is 348 g/mol. The molecule has 1 fully saturated rings. The van der Waals surface area contributed by atoms with Crippen LogP contribution in [-0.2, 0) is 19.6 Å². The van der Waals surface area contributed by atoms with E-state index in [1.165, 1.54) is 32.1 Å². The molecular formula is C21H30O6. The molecule has 1 aliphatic rings. The van der Waals surface area contributed by atoms with Gasteiger partial charge in [-0.1, -0.05) is 62.6 Å². The lowest BCUT2D eigenvalue weighted by molar-refractivity contribution is -0.453. The zero-order valence-corrected chi connectivity index (χ0v) is 16.1. The predicted octanol–water partition coefficient (Wildman–Crippen LogP) is 5.82. The van der Waals surface area contributed by atoms with Crippen LogP contribution in [0.15, 0.2) is 24.3 Å². The number of hydrogen-bond acceptors (Lipinski definition) is 6. The van der Waals surface area contributed by atoms with Gasteiger partial charge in [0, 0.05) is 0 Å². The highest BCUT2D eigenvalue weighted by Gasteiger charge is 2.18. The van der Waals surface area contributed by atoms with Crippen molar-refractivity contribution in [2.75, 3.05) is 0 Å². The van der Waals surface area contributed by atoms with Gasteiger partial charge in [-0.3, -0.25) is 4.89 Å². The van der Waals surface area contributed by atoms with Gasteiger partial charge < -0.3 is 4.74 Å². The zero-order valence-electron chi connectivity index (χ0n) is 16.1. The third kappa shape index (κ3) is 8.91. The van der Waals surface area contributed by atoms with Crippen LogP contribution < -0.4 is 0 Å². The van der Waals surface area contributed by atoms with Crippen molar-refractivity contribution in [2.24, 2.45) is 0 Å². The van der Waals surface area contributed by atoms with E-state index < -0.39 is 12.1 Å². The molecule has 0 unspecified atom stereocenters. The maximum atomic E-state index is 11.8. The fourth-order valence-corrected chi connectivity index (χ4v) is 3.30. The first kappa shape index (κ1) is 21.2. The van der Waals surface area contributed by atoms with Crippen molar-refractivity contribution in [1.29, 1.82) is 0 Å². The fourth-order valence-electron chi connectivity index (χ4n) is 3.30. The van der Waals surface area contributed by atoms with E-state index in [0.717, 1.165) is 44.1 Å². The smallest absolute Gasteiger partial charge is 0.429 e. The summed E-state index contributed by atoms with van der Waals surface area (Å²) in [6.45, 7) is 1.86. The van der Waals surface area contributed by atoms with Crippen LogP contribution in [0.2, 0.25) is 0 Å². The summed E-state index contributed by atoms with van der Waals surface area (Å²) in [7, 11) is 0. The zero-order chi connectivity index (χ0) is 19.3. The summed E-state index contributed by atoms with van der Waals surface area (Å²) in [6.07, 6.45) is 11.2. The Hall–Kier alpha value is -2.08. The number of carbonyl (C=O) groups excluding carboxylic acids is 2. The number of aryl methyl sites for hydroxylation is 1. The Morgan fingerprint density at radius 3 is 2.04 bits per heavy atom. The molecule has 1 aliphatic carbocycles. The SMILES string of the molecule is Cc1cccc(C(=O)OOOC(=O)OC2CCCCCCCCCCC2)c1. The summed E-state index contributed by atoms with van der Waals surface area (Å²) in [5, 5.41) is 4.31. The molecule has 1 aromatic rings. The Morgan fingerprint density at radius 2 is 1.44 bits per heavy atom. The van der Waals surface area contributed by atoms with Gasteiger partial charge in [0.2, 0.25) is 0 Å². The molecule has 0 heterocycles. The van der Waals surface area contributed by atoms with Gasteiger partial charge in [0.1, 0.15) is 6.10 Å². The number of benzene rings is 1. The summed E-state index contributed by atoms with van der Waals surface area (Å²) < 4.78 is 5.32. The normalized spacial score (nSPS) is 17.2. The molecule has 0 N–H and O–H groups in total. The standard InChI is InChI=1S/C21H30O6/c1-17-12-11-13-18(16-17)20(22)25-27-26-21(23)24-19-14-9-7-5-3-2-4-6-8-10-15-19/h11-13,16,19H,2-10,14-15H2,1H3.